The molecule has 6 nitrogen and oxygen atoms in total. The summed E-state index contributed by atoms with van der Waals surface area (Å²) >= 11 is 5.22. The van der Waals surface area contributed by atoms with Gasteiger partial charge in [-0.25, -0.2) is 0 Å². The van der Waals surface area contributed by atoms with E-state index >= 15 is 0 Å². The van der Waals surface area contributed by atoms with Gasteiger partial charge in [-0.15, -0.1) is 0 Å². The maximum absolute atomic E-state index is 12.8. The van der Waals surface area contributed by atoms with Crippen LogP contribution in [0, 0.1) is 4.77 Å². The first-order valence-corrected chi connectivity index (χ1v) is 8.95. The zero-order chi connectivity index (χ0) is 17.3. The molecule has 0 saturated carbocycles. The van der Waals surface area contributed by atoms with Crippen LogP contribution in [0.25, 0.3) is 5.69 Å². The highest BCUT2D eigenvalue weighted by molar-refractivity contribution is 7.71. The Morgan fingerprint density at radius 2 is 1.92 bits per heavy atom. The van der Waals surface area contributed by atoms with Crippen molar-refractivity contribution in [3.8, 4) is 5.69 Å². The molecule has 1 aromatic carbocycles. The molecule has 2 aliphatic heterocycles. The second kappa shape index (κ2) is 6.74. The summed E-state index contributed by atoms with van der Waals surface area (Å²) in [4.78, 5) is 17.6. The molecule has 3 heterocycles. The third-order valence-electron chi connectivity index (χ3n) is 5.00. The second-order valence-corrected chi connectivity index (χ2v) is 6.95. The Balaban J connectivity index is 1.43. The number of imidazole rings is 1. The van der Waals surface area contributed by atoms with Crippen molar-refractivity contribution in [1.29, 1.82) is 0 Å². The number of hydrogen-bond acceptors (Lipinski definition) is 4. The molecular formula is C18H21N3O3S. The number of carbonyl (C=O) groups is 1. The summed E-state index contributed by atoms with van der Waals surface area (Å²) in [6, 6.07) is 7.55. The summed E-state index contributed by atoms with van der Waals surface area (Å²) in [5, 5.41) is 0. The molecule has 0 unspecified atom stereocenters. The van der Waals surface area contributed by atoms with Gasteiger partial charge in [-0.2, -0.15) is 0 Å². The van der Waals surface area contributed by atoms with Gasteiger partial charge in [-0.05, 0) is 49.3 Å². The third kappa shape index (κ3) is 3.27. The number of H-pyrrole nitrogens is 1. The molecular weight excluding hydrogens is 338 g/mol. The maximum Gasteiger partial charge on any atom is 0.253 e. The molecule has 4 rings (SSSR count). The Bertz CT molecular complexity index is 795. The maximum atomic E-state index is 12.8. The number of aromatic amines is 1. The van der Waals surface area contributed by atoms with Gasteiger partial charge in [0.25, 0.3) is 5.91 Å². The lowest BCUT2D eigenvalue weighted by atomic mass is 9.91. The van der Waals surface area contributed by atoms with Crippen LogP contribution in [0.1, 0.15) is 23.2 Å². The fourth-order valence-electron chi connectivity index (χ4n) is 3.49. The number of ether oxygens (including phenoxy) is 2. The Labute approximate surface area is 151 Å². The van der Waals surface area contributed by atoms with E-state index in [4.69, 9.17) is 21.7 Å². The molecule has 0 radical (unpaired) electrons. The first-order valence-electron chi connectivity index (χ1n) is 8.54. The number of benzene rings is 1. The highest BCUT2D eigenvalue weighted by Crippen LogP contribution is 2.29. The van der Waals surface area contributed by atoms with Gasteiger partial charge < -0.3 is 19.4 Å². The fraction of sp³-hybridized carbons (Fsp3) is 0.444. The predicted octanol–water partition coefficient (Wildman–Crippen LogP) is 2.56. The van der Waals surface area contributed by atoms with Gasteiger partial charge in [-0.1, -0.05) is 0 Å². The summed E-state index contributed by atoms with van der Waals surface area (Å²) in [6.07, 6.45) is 5.32. The Hall–Kier alpha value is -1.96. The first-order chi connectivity index (χ1) is 12.2. The van der Waals surface area contributed by atoms with E-state index in [0.29, 0.717) is 43.2 Å². The van der Waals surface area contributed by atoms with Crippen LogP contribution in [0.15, 0.2) is 36.7 Å². The molecule has 2 saturated heterocycles. The van der Waals surface area contributed by atoms with E-state index in [1.807, 2.05) is 39.9 Å². The average molecular weight is 359 g/mol. The minimum Gasteiger partial charge on any atom is -0.376 e. The van der Waals surface area contributed by atoms with Gasteiger partial charge in [0, 0.05) is 36.7 Å². The molecule has 2 aromatic rings. The van der Waals surface area contributed by atoms with E-state index in [-0.39, 0.29) is 11.5 Å². The number of amides is 1. The minimum absolute atomic E-state index is 0.0655. The smallest absolute Gasteiger partial charge is 0.253 e. The number of nitrogens with zero attached hydrogens (tertiary/aromatic N) is 2. The molecule has 2 aliphatic rings. The normalized spacial score (nSPS) is 19.9. The molecule has 1 amide bonds. The molecule has 0 atom stereocenters. The van der Waals surface area contributed by atoms with Gasteiger partial charge in [0.2, 0.25) is 0 Å². The van der Waals surface area contributed by atoms with Crippen molar-refractivity contribution in [2.24, 2.45) is 0 Å². The lowest BCUT2D eigenvalue weighted by Crippen LogP contribution is -2.52. The molecule has 1 aromatic heterocycles. The zero-order valence-electron chi connectivity index (χ0n) is 13.9. The lowest BCUT2D eigenvalue weighted by Gasteiger charge is -2.43. The Morgan fingerprint density at radius 1 is 1.16 bits per heavy atom. The van der Waals surface area contributed by atoms with Crippen molar-refractivity contribution >= 4 is 18.1 Å². The van der Waals surface area contributed by atoms with Crippen LogP contribution in [0.4, 0.5) is 0 Å². The number of nitrogens with one attached hydrogen (secondary N) is 1. The highest BCUT2D eigenvalue weighted by Gasteiger charge is 2.38. The topological polar surface area (TPSA) is 59.5 Å². The first kappa shape index (κ1) is 16.5. The van der Waals surface area contributed by atoms with Crippen molar-refractivity contribution in [2.75, 3.05) is 32.9 Å². The van der Waals surface area contributed by atoms with Crippen LogP contribution >= 0.6 is 12.2 Å². The molecule has 7 heteroatoms. The van der Waals surface area contributed by atoms with Crippen molar-refractivity contribution in [1.82, 2.24) is 14.5 Å². The summed E-state index contributed by atoms with van der Waals surface area (Å²) in [5.41, 5.74) is 1.44. The van der Waals surface area contributed by atoms with Crippen LogP contribution in [-0.4, -0.2) is 58.9 Å². The Kier molecular flexibility index (Phi) is 4.45. The molecule has 0 aliphatic carbocycles. The van der Waals surface area contributed by atoms with Crippen LogP contribution in [0.2, 0.25) is 0 Å². The van der Waals surface area contributed by atoms with Gasteiger partial charge >= 0.3 is 0 Å². The number of carbonyl (C=O) groups excluding carboxylic acids is 1. The molecule has 0 bridgehead atoms. The van der Waals surface area contributed by atoms with Gasteiger partial charge in [0.15, 0.2) is 4.77 Å². The number of aromatic nitrogens is 2. The third-order valence-corrected chi connectivity index (χ3v) is 5.32. The molecule has 1 N–H and O–H groups in total. The van der Waals surface area contributed by atoms with Crippen LogP contribution in [-0.2, 0) is 9.47 Å². The highest BCUT2D eigenvalue weighted by atomic mass is 32.1. The fourth-order valence-corrected chi connectivity index (χ4v) is 3.73. The van der Waals surface area contributed by atoms with Crippen LogP contribution < -0.4 is 0 Å². The number of rotatable bonds is 2. The van der Waals surface area contributed by atoms with Crippen molar-refractivity contribution < 1.29 is 14.3 Å². The zero-order valence-corrected chi connectivity index (χ0v) is 14.8. The van der Waals surface area contributed by atoms with E-state index in [9.17, 15) is 4.79 Å². The van der Waals surface area contributed by atoms with Crippen LogP contribution in [0.3, 0.4) is 0 Å². The molecule has 2 fully saturated rings. The summed E-state index contributed by atoms with van der Waals surface area (Å²) in [7, 11) is 0. The van der Waals surface area contributed by atoms with Crippen LogP contribution in [0.5, 0.6) is 0 Å². The van der Waals surface area contributed by atoms with Crippen molar-refractivity contribution in [3.63, 3.8) is 0 Å². The number of likely N-dealkylation sites (tertiary alicyclic amines) is 1. The van der Waals surface area contributed by atoms with E-state index in [0.717, 1.165) is 18.5 Å². The quantitative estimate of drug-likeness (QED) is 0.837. The standard InChI is InChI=1S/C18H21N3O3S/c22-16(20-8-5-18(6-9-20)13-23-11-12-24-18)14-1-3-15(4-2-14)21-10-7-19-17(21)25/h1-4,7,10H,5-6,8-9,11-13H2,(H,19,25). The summed E-state index contributed by atoms with van der Waals surface area (Å²) in [6.45, 7) is 3.36. The molecule has 1 spiro atoms. The molecule has 25 heavy (non-hydrogen) atoms. The molecule has 132 valence electrons. The van der Waals surface area contributed by atoms with E-state index in [1.54, 1.807) is 6.20 Å². The van der Waals surface area contributed by atoms with Gasteiger partial charge in [-0.3, -0.25) is 9.36 Å². The number of piperidine rings is 1. The minimum atomic E-state index is -0.191. The lowest BCUT2D eigenvalue weighted by molar-refractivity contribution is -0.174. The second-order valence-electron chi connectivity index (χ2n) is 6.56. The average Bonchev–Trinajstić information content (AvgIpc) is 3.09. The monoisotopic (exact) mass is 359 g/mol. The summed E-state index contributed by atoms with van der Waals surface area (Å²) in [5.74, 6) is 0.0655. The Morgan fingerprint density at radius 3 is 2.52 bits per heavy atom. The summed E-state index contributed by atoms with van der Waals surface area (Å²) < 4.78 is 14.0. The van der Waals surface area contributed by atoms with E-state index in [1.165, 1.54) is 0 Å². The largest absolute Gasteiger partial charge is 0.376 e. The van der Waals surface area contributed by atoms with Crippen molar-refractivity contribution in [3.05, 3.63) is 47.0 Å². The van der Waals surface area contributed by atoms with Gasteiger partial charge in [0.1, 0.15) is 0 Å². The van der Waals surface area contributed by atoms with E-state index < -0.39 is 0 Å². The van der Waals surface area contributed by atoms with E-state index in [2.05, 4.69) is 4.98 Å². The van der Waals surface area contributed by atoms with Crippen molar-refractivity contribution in [2.45, 2.75) is 18.4 Å². The SMILES string of the molecule is O=C(c1ccc(-n2cc[nH]c2=S)cc1)N1CCC2(CC1)COCCO2. The predicted molar refractivity (Wildman–Crippen MR) is 95.6 cm³/mol. The van der Waals surface area contributed by atoms with Gasteiger partial charge in [0.05, 0.1) is 25.4 Å². The number of hydrogen-bond donors (Lipinski definition) is 1.